The number of sulfonamides is 1. The van der Waals surface area contributed by atoms with Gasteiger partial charge in [-0.05, 0) is 33.2 Å². The van der Waals surface area contributed by atoms with E-state index in [4.69, 9.17) is 0 Å². The lowest BCUT2D eigenvalue weighted by Crippen LogP contribution is -2.64. The van der Waals surface area contributed by atoms with Gasteiger partial charge >= 0.3 is 0 Å². The number of piperazine rings is 1. The third-order valence-corrected chi connectivity index (χ3v) is 6.18. The standard InChI is InChI=1S/C12H23N3O3S/c1-12(2)11(16)14(3)7-8-15(12)19(17,18)9-10-5-4-6-13-10/h10,13H,4-9H2,1-3H3. The van der Waals surface area contributed by atoms with Crippen LogP contribution in [0.15, 0.2) is 0 Å². The number of nitrogens with zero attached hydrogens (tertiary/aromatic N) is 2. The van der Waals surface area contributed by atoms with Gasteiger partial charge in [0.05, 0.1) is 5.75 Å². The second kappa shape index (κ2) is 5.03. The number of hydrogen-bond acceptors (Lipinski definition) is 4. The van der Waals surface area contributed by atoms with E-state index in [1.54, 1.807) is 25.8 Å². The first kappa shape index (κ1) is 14.7. The molecule has 7 heteroatoms. The molecule has 1 unspecified atom stereocenters. The van der Waals surface area contributed by atoms with E-state index in [9.17, 15) is 13.2 Å². The molecule has 1 amide bonds. The molecule has 0 radical (unpaired) electrons. The highest BCUT2D eigenvalue weighted by Crippen LogP contribution is 2.26. The van der Waals surface area contributed by atoms with Gasteiger partial charge in [0.15, 0.2) is 0 Å². The number of nitrogens with one attached hydrogen (secondary N) is 1. The number of likely N-dealkylation sites (N-methyl/N-ethyl adjacent to an activating group) is 1. The summed E-state index contributed by atoms with van der Waals surface area (Å²) < 4.78 is 26.4. The second-order valence-corrected chi connectivity index (χ2v) is 7.87. The molecule has 2 aliphatic rings. The summed E-state index contributed by atoms with van der Waals surface area (Å²) in [7, 11) is -1.69. The van der Waals surface area contributed by atoms with Crippen LogP contribution in [-0.4, -0.2) is 67.5 Å². The number of rotatable bonds is 3. The highest BCUT2D eigenvalue weighted by atomic mass is 32.2. The normalized spacial score (nSPS) is 28.9. The maximum absolute atomic E-state index is 12.5. The largest absolute Gasteiger partial charge is 0.343 e. The summed E-state index contributed by atoms with van der Waals surface area (Å²) in [5, 5.41) is 3.20. The van der Waals surface area contributed by atoms with Crippen LogP contribution < -0.4 is 5.32 Å². The molecule has 0 saturated carbocycles. The Kier molecular flexibility index (Phi) is 3.90. The minimum Gasteiger partial charge on any atom is -0.343 e. The molecule has 2 saturated heterocycles. The van der Waals surface area contributed by atoms with Crippen molar-refractivity contribution < 1.29 is 13.2 Å². The van der Waals surface area contributed by atoms with Crippen LogP contribution >= 0.6 is 0 Å². The quantitative estimate of drug-likeness (QED) is 0.769. The van der Waals surface area contributed by atoms with Gasteiger partial charge in [-0.2, -0.15) is 4.31 Å². The van der Waals surface area contributed by atoms with Crippen molar-refractivity contribution in [2.75, 3.05) is 32.4 Å². The Hall–Kier alpha value is -0.660. The SMILES string of the molecule is CN1CCN(S(=O)(=O)CC2CCCN2)C(C)(C)C1=O. The number of hydrogen-bond donors (Lipinski definition) is 1. The lowest BCUT2D eigenvalue weighted by atomic mass is 10.0. The van der Waals surface area contributed by atoms with Crippen LogP contribution in [0.5, 0.6) is 0 Å². The maximum atomic E-state index is 12.5. The summed E-state index contributed by atoms with van der Waals surface area (Å²) in [5.41, 5.74) is -0.982. The second-order valence-electron chi connectivity index (χ2n) is 5.93. The van der Waals surface area contributed by atoms with Gasteiger partial charge in [0.2, 0.25) is 15.9 Å². The zero-order chi connectivity index (χ0) is 14.3. The Morgan fingerprint density at radius 2 is 2.05 bits per heavy atom. The lowest BCUT2D eigenvalue weighted by Gasteiger charge is -2.43. The van der Waals surface area contributed by atoms with Crippen molar-refractivity contribution in [3.63, 3.8) is 0 Å². The van der Waals surface area contributed by atoms with Crippen molar-refractivity contribution >= 4 is 15.9 Å². The summed E-state index contributed by atoms with van der Waals surface area (Å²) in [4.78, 5) is 13.7. The van der Waals surface area contributed by atoms with Crippen molar-refractivity contribution in [2.24, 2.45) is 0 Å². The maximum Gasteiger partial charge on any atom is 0.243 e. The molecular formula is C12H23N3O3S. The van der Waals surface area contributed by atoms with Gasteiger partial charge in [-0.3, -0.25) is 4.79 Å². The monoisotopic (exact) mass is 289 g/mol. The number of carbonyl (C=O) groups is 1. The van der Waals surface area contributed by atoms with Crippen LogP contribution in [0.25, 0.3) is 0 Å². The molecule has 2 heterocycles. The molecule has 2 fully saturated rings. The molecule has 110 valence electrons. The van der Waals surface area contributed by atoms with Crippen molar-refractivity contribution in [2.45, 2.75) is 38.3 Å². The van der Waals surface area contributed by atoms with Crippen molar-refractivity contribution in [3.8, 4) is 0 Å². The van der Waals surface area contributed by atoms with Crippen molar-refractivity contribution in [1.82, 2.24) is 14.5 Å². The molecule has 1 atom stereocenters. The molecule has 6 nitrogen and oxygen atoms in total. The average molecular weight is 289 g/mol. The Labute approximate surface area is 115 Å². The molecule has 1 N–H and O–H groups in total. The molecule has 0 aromatic rings. The predicted molar refractivity (Wildman–Crippen MR) is 73.2 cm³/mol. The van der Waals surface area contributed by atoms with E-state index in [1.165, 1.54) is 4.31 Å². The van der Waals surface area contributed by atoms with E-state index >= 15 is 0 Å². The third kappa shape index (κ3) is 2.78. The molecule has 2 aliphatic heterocycles. The van der Waals surface area contributed by atoms with Gasteiger partial charge in [-0.25, -0.2) is 8.42 Å². The van der Waals surface area contributed by atoms with E-state index in [2.05, 4.69) is 5.32 Å². The third-order valence-electron chi connectivity index (χ3n) is 4.04. The van der Waals surface area contributed by atoms with E-state index < -0.39 is 15.6 Å². The van der Waals surface area contributed by atoms with Crippen LogP contribution in [0.2, 0.25) is 0 Å². The minimum absolute atomic E-state index is 0.0237. The molecule has 2 rings (SSSR count). The van der Waals surface area contributed by atoms with E-state index in [0.29, 0.717) is 13.1 Å². The molecule has 0 bridgehead atoms. The molecule has 0 aromatic heterocycles. The molecule has 0 spiro atoms. The molecule has 0 aromatic carbocycles. The Bertz CT molecular complexity index is 455. The smallest absolute Gasteiger partial charge is 0.243 e. The summed E-state index contributed by atoms with van der Waals surface area (Å²) in [5.74, 6) is -0.0466. The highest BCUT2D eigenvalue weighted by molar-refractivity contribution is 7.89. The van der Waals surface area contributed by atoms with Crippen LogP contribution in [0.4, 0.5) is 0 Å². The van der Waals surface area contributed by atoms with Gasteiger partial charge in [-0.15, -0.1) is 0 Å². The summed E-state index contributed by atoms with van der Waals surface area (Å²) >= 11 is 0. The van der Waals surface area contributed by atoms with Gasteiger partial charge in [0.1, 0.15) is 5.54 Å². The van der Waals surface area contributed by atoms with Gasteiger partial charge < -0.3 is 10.2 Å². The number of amides is 1. The van der Waals surface area contributed by atoms with Gasteiger partial charge in [0, 0.05) is 26.2 Å². The van der Waals surface area contributed by atoms with E-state index in [0.717, 1.165) is 19.4 Å². The predicted octanol–water partition coefficient (Wildman–Crippen LogP) is -0.379. The first-order chi connectivity index (χ1) is 8.75. The van der Waals surface area contributed by atoms with Crippen molar-refractivity contribution in [1.29, 1.82) is 0 Å². The van der Waals surface area contributed by atoms with Gasteiger partial charge in [-0.1, -0.05) is 0 Å². The topological polar surface area (TPSA) is 69.7 Å². The highest BCUT2D eigenvalue weighted by Gasteiger charge is 2.46. The lowest BCUT2D eigenvalue weighted by molar-refractivity contribution is -0.142. The first-order valence-electron chi connectivity index (χ1n) is 6.74. The fourth-order valence-corrected chi connectivity index (χ4v) is 5.03. The minimum atomic E-state index is -3.41. The Morgan fingerprint density at radius 1 is 1.37 bits per heavy atom. The molecule has 0 aliphatic carbocycles. The Morgan fingerprint density at radius 3 is 2.63 bits per heavy atom. The van der Waals surface area contributed by atoms with Crippen LogP contribution in [0.1, 0.15) is 26.7 Å². The van der Waals surface area contributed by atoms with Crippen LogP contribution in [0, 0.1) is 0 Å². The van der Waals surface area contributed by atoms with Crippen LogP contribution in [-0.2, 0) is 14.8 Å². The summed E-state index contributed by atoms with van der Waals surface area (Å²) in [6, 6.07) is 0.0237. The van der Waals surface area contributed by atoms with E-state index in [1.807, 2.05) is 0 Å². The summed E-state index contributed by atoms with van der Waals surface area (Å²) in [6.07, 6.45) is 1.91. The number of carbonyl (C=O) groups excluding carboxylic acids is 1. The van der Waals surface area contributed by atoms with Crippen molar-refractivity contribution in [3.05, 3.63) is 0 Å². The Balaban J connectivity index is 2.17. The fraction of sp³-hybridized carbons (Fsp3) is 0.917. The molecule has 19 heavy (non-hydrogen) atoms. The molecular weight excluding hydrogens is 266 g/mol. The zero-order valence-corrected chi connectivity index (χ0v) is 12.7. The zero-order valence-electron chi connectivity index (χ0n) is 11.8. The average Bonchev–Trinajstić information content (AvgIpc) is 2.77. The fourth-order valence-electron chi connectivity index (χ4n) is 2.93. The first-order valence-corrected chi connectivity index (χ1v) is 8.35. The van der Waals surface area contributed by atoms with Crippen LogP contribution in [0.3, 0.4) is 0 Å². The summed E-state index contributed by atoms with van der Waals surface area (Å²) in [6.45, 7) is 5.09. The van der Waals surface area contributed by atoms with Gasteiger partial charge in [0.25, 0.3) is 0 Å². The van der Waals surface area contributed by atoms with E-state index in [-0.39, 0.29) is 17.7 Å².